The van der Waals surface area contributed by atoms with Crippen molar-refractivity contribution >= 4 is 26.5 Å². The number of rotatable bonds is 2. The van der Waals surface area contributed by atoms with Gasteiger partial charge in [0.2, 0.25) is 0 Å². The first-order valence-corrected chi connectivity index (χ1v) is 17.4. The fourth-order valence-corrected chi connectivity index (χ4v) is 5.73. The van der Waals surface area contributed by atoms with Crippen LogP contribution in [-0.2, 0) is 21.7 Å². The van der Waals surface area contributed by atoms with Gasteiger partial charge in [-0.25, -0.2) is 0 Å². The van der Waals surface area contributed by atoms with Crippen molar-refractivity contribution in [1.29, 1.82) is 0 Å². The summed E-state index contributed by atoms with van der Waals surface area (Å²) in [6.07, 6.45) is 0. The van der Waals surface area contributed by atoms with E-state index in [1.807, 2.05) is 65.8 Å². The van der Waals surface area contributed by atoms with E-state index in [4.69, 9.17) is 0 Å². The molecule has 0 atom stereocenters. The van der Waals surface area contributed by atoms with Gasteiger partial charge in [-0.05, 0) is 50.3 Å². The van der Waals surface area contributed by atoms with Gasteiger partial charge in [-0.3, -0.25) is 0 Å². The van der Waals surface area contributed by atoms with Gasteiger partial charge in [-0.2, -0.15) is 29.4 Å². The van der Waals surface area contributed by atoms with Crippen molar-refractivity contribution in [3.63, 3.8) is 0 Å². The van der Waals surface area contributed by atoms with E-state index in [0.29, 0.717) is 5.41 Å². The summed E-state index contributed by atoms with van der Waals surface area (Å²) in [7, 11) is -7.95. The summed E-state index contributed by atoms with van der Waals surface area (Å²) >= 11 is 0. The van der Waals surface area contributed by atoms with E-state index in [1.54, 1.807) is 12.1 Å². The van der Waals surface area contributed by atoms with Crippen molar-refractivity contribution < 1.29 is 29.4 Å². The van der Waals surface area contributed by atoms with Gasteiger partial charge in [0.25, 0.3) is 0 Å². The highest BCUT2D eigenvalue weighted by Crippen LogP contribution is 2.47. The first kappa shape index (κ1) is 40.1. The summed E-state index contributed by atoms with van der Waals surface area (Å²) in [6.45, 7) is 33.3. The van der Waals surface area contributed by atoms with Crippen LogP contribution in [0.5, 0.6) is 0 Å². The van der Waals surface area contributed by atoms with Crippen LogP contribution in [0.4, 0.5) is 0 Å². The van der Waals surface area contributed by atoms with Crippen molar-refractivity contribution in [3.05, 3.63) is 58.7 Å². The zero-order chi connectivity index (χ0) is 33.2. The maximum absolute atomic E-state index is 9.55. The SMILES string of the molecule is CC(C)(C)C.CC(C)(C)c1ccc([P+](O)(O)O)c(C(C)(C)C)c1.CC(C)(C)c1ccc([P+](O)(O)O)c(C(C)(C)C)c1. The maximum atomic E-state index is 9.55. The van der Waals surface area contributed by atoms with Crippen LogP contribution < -0.4 is 10.6 Å². The lowest BCUT2D eigenvalue weighted by atomic mass is 9.81. The Balaban J connectivity index is 0.000000671. The summed E-state index contributed by atoms with van der Waals surface area (Å²) in [6, 6.07) is 10.9. The average molecular weight is 615 g/mol. The molecule has 8 heteroatoms. The van der Waals surface area contributed by atoms with Gasteiger partial charge in [0, 0.05) is 11.1 Å². The van der Waals surface area contributed by atoms with Gasteiger partial charge in [-0.1, -0.05) is 135 Å². The molecule has 0 unspecified atom stereocenters. The number of benzene rings is 2. The molecule has 236 valence electrons. The number of hydrogen-bond donors (Lipinski definition) is 6. The molecule has 0 bridgehead atoms. The summed E-state index contributed by atoms with van der Waals surface area (Å²) in [5.74, 6) is 0. The van der Waals surface area contributed by atoms with E-state index in [0.717, 1.165) is 22.3 Å². The van der Waals surface area contributed by atoms with Crippen molar-refractivity contribution in [1.82, 2.24) is 0 Å². The zero-order valence-electron chi connectivity index (χ0n) is 28.5. The second kappa shape index (κ2) is 13.4. The van der Waals surface area contributed by atoms with Gasteiger partial charge in [-0.15, -0.1) is 0 Å². The topological polar surface area (TPSA) is 121 Å². The molecule has 2 aromatic carbocycles. The van der Waals surface area contributed by atoms with E-state index in [2.05, 4.69) is 69.2 Å². The summed E-state index contributed by atoms with van der Waals surface area (Å²) < 4.78 is 0. The van der Waals surface area contributed by atoms with Crippen LogP contribution in [0.3, 0.4) is 0 Å². The van der Waals surface area contributed by atoms with Crippen LogP contribution in [0.1, 0.15) is 133 Å². The van der Waals surface area contributed by atoms with Crippen molar-refractivity contribution in [2.24, 2.45) is 5.41 Å². The average Bonchev–Trinajstić information content (AvgIpc) is 2.68. The molecule has 0 aliphatic carbocycles. The fraction of sp³-hybridized carbons (Fsp3) is 0.636. The molecule has 6 nitrogen and oxygen atoms in total. The van der Waals surface area contributed by atoms with Gasteiger partial charge in [0.15, 0.2) is 10.6 Å². The first-order chi connectivity index (χ1) is 17.7. The monoisotopic (exact) mass is 614 g/mol. The van der Waals surface area contributed by atoms with Crippen molar-refractivity contribution in [3.8, 4) is 0 Å². The molecule has 41 heavy (non-hydrogen) atoms. The van der Waals surface area contributed by atoms with Crippen LogP contribution in [0.15, 0.2) is 36.4 Å². The fourth-order valence-electron chi connectivity index (χ4n) is 3.73. The third-order valence-corrected chi connectivity index (χ3v) is 8.06. The molecule has 0 amide bonds. The predicted octanol–water partition coefficient (Wildman–Crippen LogP) is 7.35. The molecule has 0 radical (unpaired) electrons. The Hall–Kier alpha value is -0.940. The van der Waals surface area contributed by atoms with Crippen LogP contribution in [0.25, 0.3) is 0 Å². The maximum Gasteiger partial charge on any atom is 0.441 e. The Morgan fingerprint density at radius 2 is 0.610 bits per heavy atom. The van der Waals surface area contributed by atoms with Crippen LogP contribution >= 0.6 is 15.9 Å². The molecule has 2 aromatic rings. The van der Waals surface area contributed by atoms with E-state index in [-0.39, 0.29) is 32.3 Å². The van der Waals surface area contributed by atoms with E-state index in [1.165, 1.54) is 0 Å². The van der Waals surface area contributed by atoms with Crippen molar-refractivity contribution in [2.45, 2.75) is 132 Å². The lowest BCUT2D eigenvalue weighted by Crippen LogP contribution is -2.26. The number of hydrogen-bond acceptors (Lipinski definition) is 6. The quantitative estimate of drug-likeness (QED) is 0.197. The molecular weight excluding hydrogens is 554 g/mol. The van der Waals surface area contributed by atoms with E-state index >= 15 is 0 Å². The summed E-state index contributed by atoms with van der Waals surface area (Å²) in [5.41, 5.74) is 3.77. The molecule has 0 spiro atoms. The third-order valence-electron chi connectivity index (χ3n) is 5.99. The van der Waals surface area contributed by atoms with Crippen LogP contribution in [-0.4, -0.2) is 29.4 Å². The van der Waals surface area contributed by atoms with Crippen LogP contribution in [0.2, 0.25) is 0 Å². The molecule has 0 aliphatic heterocycles. The Morgan fingerprint density at radius 3 is 0.756 bits per heavy atom. The summed E-state index contributed by atoms with van der Waals surface area (Å²) in [5, 5.41) is 0.506. The predicted molar refractivity (Wildman–Crippen MR) is 179 cm³/mol. The molecule has 2 rings (SSSR count). The molecule has 0 fully saturated rings. The van der Waals surface area contributed by atoms with E-state index < -0.39 is 15.9 Å². The lowest BCUT2D eigenvalue weighted by molar-refractivity contribution is 0.344. The first-order valence-electron chi connectivity index (χ1n) is 14.1. The third kappa shape index (κ3) is 14.4. The van der Waals surface area contributed by atoms with Gasteiger partial charge in [0.1, 0.15) is 0 Å². The minimum Gasteiger partial charge on any atom is -0.189 e. The molecular formula is C33H60O6P2+2. The Kier molecular flexibility index (Phi) is 13.1. The molecule has 6 N–H and O–H groups in total. The molecule has 0 aromatic heterocycles. The smallest absolute Gasteiger partial charge is 0.189 e. The highest BCUT2D eigenvalue weighted by molar-refractivity contribution is 7.67. The second-order valence-corrected chi connectivity index (χ2v) is 19.8. The lowest BCUT2D eigenvalue weighted by Gasteiger charge is -2.26. The van der Waals surface area contributed by atoms with Gasteiger partial charge < -0.3 is 0 Å². The highest BCUT2D eigenvalue weighted by Gasteiger charge is 2.41. The minimum absolute atomic E-state index is 0.0139. The Labute approximate surface area is 252 Å². The minimum atomic E-state index is -3.97. The second-order valence-electron chi connectivity index (χ2n) is 16.6. The Morgan fingerprint density at radius 1 is 0.390 bits per heavy atom. The van der Waals surface area contributed by atoms with Crippen molar-refractivity contribution in [2.75, 3.05) is 0 Å². The van der Waals surface area contributed by atoms with Gasteiger partial charge >= 0.3 is 15.9 Å². The van der Waals surface area contributed by atoms with Gasteiger partial charge in [0.05, 0.1) is 0 Å². The van der Waals surface area contributed by atoms with Crippen LogP contribution in [0, 0.1) is 5.41 Å². The molecule has 0 saturated carbocycles. The molecule has 0 heterocycles. The normalized spacial score (nSPS) is 13.6. The molecule has 0 aliphatic rings. The highest BCUT2D eigenvalue weighted by atomic mass is 31.2. The largest absolute Gasteiger partial charge is 0.441 e. The molecule has 0 saturated heterocycles. The standard InChI is InChI=1S/2C14H24O3P.C5H12/c2*1-13(2,3)10-7-8-12(18(15,16)17)11(9-10)14(4,5)6;1-5(2,3)4/h2*7-9,15-17H,1-6H3;1-4H3/q2*+1;. The Bertz CT molecular complexity index is 1030. The zero-order valence-corrected chi connectivity index (χ0v) is 30.3. The van der Waals surface area contributed by atoms with E-state index in [9.17, 15) is 29.4 Å². The summed E-state index contributed by atoms with van der Waals surface area (Å²) in [4.78, 5) is 57.3.